The molecule has 0 aliphatic carbocycles. The van der Waals surface area contributed by atoms with Gasteiger partial charge < -0.3 is 10.1 Å². The van der Waals surface area contributed by atoms with Gasteiger partial charge in [0.2, 0.25) is 0 Å². The van der Waals surface area contributed by atoms with Gasteiger partial charge >= 0.3 is 0 Å². The molecule has 1 aromatic carbocycles. The Kier molecular flexibility index (Phi) is 4.13. The molecule has 4 heteroatoms. The van der Waals surface area contributed by atoms with E-state index in [4.69, 9.17) is 4.74 Å². The van der Waals surface area contributed by atoms with Crippen LogP contribution in [0, 0.1) is 6.92 Å². The molecule has 19 heavy (non-hydrogen) atoms. The highest BCUT2D eigenvalue weighted by Crippen LogP contribution is 2.18. The number of carbonyl (C=O) groups excluding carboxylic acids is 1. The first kappa shape index (κ1) is 13.1. The predicted molar refractivity (Wildman–Crippen MR) is 74.1 cm³/mol. The molecule has 1 heterocycles. The van der Waals surface area contributed by atoms with Crippen molar-refractivity contribution in [2.45, 2.75) is 20.0 Å². The number of aryl methyl sites for hydroxylation is 1. The number of benzene rings is 1. The van der Waals surface area contributed by atoms with E-state index in [0.717, 1.165) is 11.3 Å². The molecule has 1 unspecified atom stereocenters. The molecular formula is C15H16N2O2. The second-order valence-electron chi connectivity index (χ2n) is 4.25. The van der Waals surface area contributed by atoms with Crippen molar-refractivity contribution in [3.63, 3.8) is 0 Å². The van der Waals surface area contributed by atoms with E-state index in [0.29, 0.717) is 5.69 Å². The van der Waals surface area contributed by atoms with E-state index in [1.165, 1.54) is 0 Å². The van der Waals surface area contributed by atoms with Crippen LogP contribution in [0.3, 0.4) is 0 Å². The molecular weight excluding hydrogens is 240 g/mol. The molecule has 0 bridgehead atoms. The lowest BCUT2D eigenvalue weighted by Crippen LogP contribution is -2.30. The third-order valence-electron chi connectivity index (χ3n) is 2.71. The fraction of sp³-hybridized carbons (Fsp3) is 0.200. The second-order valence-corrected chi connectivity index (χ2v) is 4.25. The normalized spacial score (nSPS) is 11.7. The van der Waals surface area contributed by atoms with E-state index in [9.17, 15) is 4.79 Å². The fourth-order valence-electron chi connectivity index (χ4n) is 1.61. The number of hydrogen-bond donors (Lipinski definition) is 1. The van der Waals surface area contributed by atoms with Gasteiger partial charge in [-0.1, -0.05) is 18.2 Å². The Morgan fingerprint density at radius 3 is 2.58 bits per heavy atom. The molecule has 1 aromatic heterocycles. The van der Waals surface area contributed by atoms with Crippen LogP contribution < -0.4 is 10.1 Å². The van der Waals surface area contributed by atoms with Crippen molar-refractivity contribution in [1.82, 2.24) is 4.98 Å². The van der Waals surface area contributed by atoms with Crippen LogP contribution in [0.15, 0.2) is 48.8 Å². The SMILES string of the molecule is Cc1ccccc1OC(C)C(=O)Nc1ccncc1. The van der Waals surface area contributed by atoms with E-state index < -0.39 is 6.10 Å². The average molecular weight is 256 g/mol. The molecule has 0 aliphatic heterocycles. The predicted octanol–water partition coefficient (Wildman–Crippen LogP) is 2.80. The van der Waals surface area contributed by atoms with Crippen LogP contribution in [-0.2, 0) is 4.79 Å². The van der Waals surface area contributed by atoms with Gasteiger partial charge in [-0.2, -0.15) is 0 Å². The van der Waals surface area contributed by atoms with E-state index >= 15 is 0 Å². The molecule has 0 aliphatic rings. The van der Waals surface area contributed by atoms with Crippen LogP contribution in [0.5, 0.6) is 5.75 Å². The highest BCUT2D eigenvalue weighted by Gasteiger charge is 2.15. The first-order valence-electron chi connectivity index (χ1n) is 6.10. The average Bonchev–Trinajstić information content (AvgIpc) is 2.42. The number of amides is 1. The summed E-state index contributed by atoms with van der Waals surface area (Å²) in [6.45, 7) is 3.67. The van der Waals surface area contributed by atoms with Crippen molar-refractivity contribution < 1.29 is 9.53 Å². The number of carbonyl (C=O) groups is 1. The highest BCUT2D eigenvalue weighted by molar-refractivity contribution is 5.94. The topological polar surface area (TPSA) is 51.2 Å². The molecule has 4 nitrogen and oxygen atoms in total. The van der Waals surface area contributed by atoms with Gasteiger partial charge in [0, 0.05) is 18.1 Å². The van der Waals surface area contributed by atoms with Crippen LogP contribution in [0.1, 0.15) is 12.5 Å². The Bertz CT molecular complexity index is 555. The molecule has 0 saturated heterocycles. The third-order valence-corrected chi connectivity index (χ3v) is 2.71. The lowest BCUT2D eigenvalue weighted by molar-refractivity contribution is -0.122. The number of hydrogen-bond acceptors (Lipinski definition) is 3. The Balaban J connectivity index is 1.98. The first-order valence-corrected chi connectivity index (χ1v) is 6.10. The van der Waals surface area contributed by atoms with E-state index in [2.05, 4.69) is 10.3 Å². The summed E-state index contributed by atoms with van der Waals surface area (Å²) in [6, 6.07) is 11.1. The molecule has 2 rings (SSSR count). The quantitative estimate of drug-likeness (QED) is 0.915. The Labute approximate surface area is 112 Å². The van der Waals surface area contributed by atoms with Crippen molar-refractivity contribution in [1.29, 1.82) is 0 Å². The van der Waals surface area contributed by atoms with Crippen LogP contribution in [0.25, 0.3) is 0 Å². The lowest BCUT2D eigenvalue weighted by atomic mass is 10.2. The van der Waals surface area contributed by atoms with Crippen LogP contribution in [-0.4, -0.2) is 17.0 Å². The Morgan fingerprint density at radius 1 is 1.21 bits per heavy atom. The van der Waals surface area contributed by atoms with Crippen molar-refractivity contribution in [2.75, 3.05) is 5.32 Å². The number of pyridine rings is 1. The van der Waals surface area contributed by atoms with E-state index in [1.807, 2.05) is 31.2 Å². The van der Waals surface area contributed by atoms with Gasteiger partial charge in [0.1, 0.15) is 5.75 Å². The smallest absolute Gasteiger partial charge is 0.265 e. The molecule has 0 spiro atoms. The third kappa shape index (κ3) is 3.55. The lowest BCUT2D eigenvalue weighted by Gasteiger charge is -2.16. The zero-order valence-corrected chi connectivity index (χ0v) is 11.0. The maximum absolute atomic E-state index is 12.0. The summed E-state index contributed by atoms with van der Waals surface area (Å²) in [5.74, 6) is 0.536. The monoisotopic (exact) mass is 256 g/mol. The van der Waals surface area contributed by atoms with Gasteiger partial charge in [0.15, 0.2) is 6.10 Å². The molecule has 98 valence electrons. The number of aromatic nitrogens is 1. The van der Waals surface area contributed by atoms with Crippen molar-refractivity contribution >= 4 is 11.6 Å². The van der Waals surface area contributed by atoms with Crippen molar-refractivity contribution in [3.05, 3.63) is 54.4 Å². The van der Waals surface area contributed by atoms with Gasteiger partial charge in [-0.25, -0.2) is 0 Å². The summed E-state index contributed by atoms with van der Waals surface area (Å²) in [7, 11) is 0. The van der Waals surface area contributed by atoms with Crippen LogP contribution in [0.2, 0.25) is 0 Å². The van der Waals surface area contributed by atoms with Crippen LogP contribution in [0.4, 0.5) is 5.69 Å². The summed E-state index contributed by atoms with van der Waals surface area (Å²) in [5.41, 5.74) is 1.71. The van der Waals surface area contributed by atoms with Gasteiger partial charge in [0.05, 0.1) is 0 Å². The zero-order valence-electron chi connectivity index (χ0n) is 11.0. The Morgan fingerprint density at radius 2 is 1.89 bits per heavy atom. The molecule has 1 N–H and O–H groups in total. The largest absolute Gasteiger partial charge is 0.481 e. The molecule has 0 fully saturated rings. The molecule has 0 saturated carbocycles. The van der Waals surface area contributed by atoms with E-state index in [-0.39, 0.29) is 5.91 Å². The number of nitrogens with one attached hydrogen (secondary N) is 1. The minimum Gasteiger partial charge on any atom is -0.481 e. The van der Waals surface area contributed by atoms with Crippen molar-refractivity contribution in [2.24, 2.45) is 0 Å². The minimum atomic E-state index is -0.561. The number of nitrogens with zero attached hydrogens (tertiary/aromatic N) is 1. The highest BCUT2D eigenvalue weighted by atomic mass is 16.5. The van der Waals surface area contributed by atoms with Crippen LogP contribution >= 0.6 is 0 Å². The molecule has 2 aromatic rings. The number of para-hydroxylation sites is 1. The molecule has 1 atom stereocenters. The zero-order chi connectivity index (χ0) is 13.7. The van der Waals surface area contributed by atoms with Gasteiger partial charge in [-0.3, -0.25) is 9.78 Å². The molecule has 0 radical (unpaired) electrons. The fourth-order valence-corrected chi connectivity index (χ4v) is 1.61. The summed E-state index contributed by atoms with van der Waals surface area (Å²) in [6.07, 6.45) is 2.69. The number of anilines is 1. The summed E-state index contributed by atoms with van der Waals surface area (Å²) in [4.78, 5) is 15.9. The molecule has 1 amide bonds. The number of rotatable bonds is 4. The number of ether oxygens (including phenoxy) is 1. The minimum absolute atomic E-state index is 0.186. The van der Waals surface area contributed by atoms with Crippen molar-refractivity contribution in [3.8, 4) is 5.75 Å². The summed E-state index contributed by atoms with van der Waals surface area (Å²) in [5, 5.41) is 2.78. The van der Waals surface area contributed by atoms with Gasteiger partial charge in [-0.05, 0) is 37.6 Å². The van der Waals surface area contributed by atoms with E-state index in [1.54, 1.807) is 31.5 Å². The standard InChI is InChI=1S/C15H16N2O2/c1-11-5-3-4-6-14(11)19-12(2)15(18)17-13-7-9-16-10-8-13/h3-10,12H,1-2H3,(H,16,17,18). The van der Waals surface area contributed by atoms with Gasteiger partial charge in [-0.15, -0.1) is 0 Å². The first-order chi connectivity index (χ1) is 9.16. The summed E-state index contributed by atoms with van der Waals surface area (Å²) >= 11 is 0. The maximum atomic E-state index is 12.0. The van der Waals surface area contributed by atoms with Gasteiger partial charge in [0.25, 0.3) is 5.91 Å². The summed E-state index contributed by atoms with van der Waals surface area (Å²) < 4.78 is 5.65. The second kappa shape index (κ2) is 6.00. The Hall–Kier alpha value is -2.36. The maximum Gasteiger partial charge on any atom is 0.265 e.